The third kappa shape index (κ3) is 2.64. The van der Waals surface area contributed by atoms with Gasteiger partial charge >= 0.3 is 0 Å². The van der Waals surface area contributed by atoms with Crippen molar-refractivity contribution in [1.82, 2.24) is 15.1 Å². The number of H-pyrrole nitrogens is 1. The number of anilines is 1. The van der Waals surface area contributed by atoms with Crippen LogP contribution in [-0.2, 0) is 9.84 Å². The highest BCUT2D eigenvalue weighted by molar-refractivity contribution is 8.01. The molecule has 0 aliphatic carbocycles. The number of carbonyl (C=O) groups is 1. The molecule has 2 rings (SSSR count). The zero-order valence-corrected chi connectivity index (χ0v) is 13.1. The van der Waals surface area contributed by atoms with Gasteiger partial charge in [-0.25, -0.2) is 8.42 Å². The molecule has 20 heavy (non-hydrogen) atoms. The molecule has 0 spiro atoms. The van der Waals surface area contributed by atoms with E-state index in [2.05, 4.69) is 10.2 Å². The molecule has 1 aromatic rings. The number of carbonyl (C=O) groups excluding carboxylic acids is 1. The average molecular weight is 318 g/mol. The Labute approximate surface area is 122 Å². The maximum absolute atomic E-state index is 12.6. The molecule has 1 fully saturated rings. The van der Waals surface area contributed by atoms with Gasteiger partial charge in [-0.2, -0.15) is 16.9 Å². The highest BCUT2D eigenvalue weighted by Crippen LogP contribution is 2.25. The first-order valence-electron chi connectivity index (χ1n) is 6.29. The highest BCUT2D eigenvalue weighted by Gasteiger charge is 2.37. The van der Waals surface area contributed by atoms with Gasteiger partial charge in [-0.05, 0) is 6.92 Å². The van der Waals surface area contributed by atoms with Crippen molar-refractivity contribution in [2.24, 2.45) is 0 Å². The van der Waals surface area contributed by atoms with E-state index in [1.54, 1.807) is 25.6 Å². The highest BCUT2D eigenvalue weighted by atomic mass is 32.2. The second-order valence-corrected chi connectivity index (χ2v) is 8.19. The Hall–Kier alpha value is -1.22. The molecule has 9 heteroatoms. The predicted octanol–water partition coefficient (Wildman–Crippen LogP) is 0.250. The first-order chi connectivity index (χ1) is 9.38. The molecule has 0 bridgehead atoms. The van der Waals surface area contributed by atoms with Crippen LogP contribution in [0.15, 0.2) is 0 Å². The molecule has 1 atom stereocenters. The molecule has 112 valence electrons. The van der Waals surface area contributed by atoms with Crippen LogP contribution in [-0.4, -0.2) is 58.6 Å². The molecular weight excluding hydrogens is 300 g/mol. The number of nitrogens with zero attached hydrogens (tertiary/aromatic N) is 2. The number of hydrogen-bond acceptors (Lipinski definition) is 6. The van der Waals surface area contributed by atoms with Gasteiger partial charge in [0.05, 0.1) is 0 Å². The number of aromatic amines is 1. The molecule has 7 nitrogen and oxygen atoms in total. The molecule has 0 radical (unpaired) electrons. The Balaban J connectivity index is 2.36. The van der Waals surface area contributed by atoms with Gasteiger partial charge in [-0.15, -0.1) is 0 Å². The number of thioether (sulfide) groups is 1. The number of amides is 1. The van der Waals surface area contributed by atoms with Crippen LogP contribution in [0.3, 0.4) is 0 Å². The lowest BCUT2D eigenvalue weighted by Gasteiger charge is -2.34. The van der Waals surface area contributed by atoms with Gasteiger partial charge in [-0.1, -0.05) is 6.92 Å². The SMILES string of the molecule is CCS(=O)(=O)C1CSCCN1C(=O)c1c(N)n[nH]c1C. The van der Waals surface area contributed by atoms with E-state index in [4.69, 9.17) is 5.73 Å². The Bertz CT molecular complexity index is 592. The predicted molar refractivity (Wildman–Crippen MR) is 79.3 cm³/mol. The number of aromatic nitrogens is 2. The van der Waals surface area contributed by atoms with E-state index in [1.165, 1.54) is 4.90 Å². The van der Waals surface area contributed by atoms with Crippen LogP contribution in [0.4, 0.5) is 5.82 Å². The summed E-state index contributed by atoms with van der Waals surface area (Å²) in [6.07, 6.45) is 0. The molecule has 0 saturated carbocycles. The van der Waals surface area contributed by atoms with Crippen LogP contribution in [0.25, 0.3) is 0 Å². The number of sulfone groups is 1. The third-order valence-corrected chi connectivity index (χ3v) is 6.64. The number of nitrogens with two attached hydrogens (primary N) is 1. The van der Waals surface area contributed by atoms with Crippen LogP contribution < -0.4 is 5.73 Å². The largest absolute Gasteiger partial charge is 0.382 e. The van der Waals surface area contributed by atoms with E-state index in [0.717, 1.165) is 5.75 Å². The van der Waals surface area contributed by atoms with Crippen molar-refractivity contribution < 1.29 is 13.2 Å². The quantitative estimate of drug-likeness (QED) is 0.827. The number of rotatable bonds is 3. The first-order valence-corrected chi connectivity index (χ1v) is 9.16. The number of aryl methyl sites for hydroxylation is 1. The zero-order valence-electron chi connectivity index (χ0n) is 11.4. The second-order valence-electron chi connectivity index (χ2n) is 4.59. The summed E-state index contributed by atoms with van der Waals surface area (Å²) >= 11 is 1.54. The lowest BCUT2D eigenvalue weighted by atomic mass is 10.2. The normalized spacial score (nSPS) is 20.1. The van der Waals surface area contributed by atoms with Gasteiger partial charge in [0.15, 0.2) is 15.7 Å². The van der Waals surface area contributed by atoms with E-state index in [-0.39, 0.29) is 23.0 Å². The summed E-state index contributed by atoms with van der Waals surface area (Å²) in [7, 11) is -3.32. The minimum absolute atomic E-state index is 0.0157. The van der Waals surface area contributed by atoms with E-state index in [1.807, 2.05) is 0 Å². The lowest BCUT2D eigenvalue weighted by Crippen LogP contribution is -2.50. The lowest BCUT2D eigenvalue weighted by molar-refractivity contribution is 0.0750. The summed E-state index contributed by atoms with van der Waals surface area (Å²) in [6, 6.07) is 0. The fourth-order valence-electron chi connectivity index (χ4n) is 2.16. The van der Waals surface area contributed by atoms with Crippen LogP contribution in [0.2, 0.25) is 0 Å². The summed E-state index contributed by atoms with van der Waals surface area (Å²) in [5.74, 6) is 0.883. The van der Waals surface area contributed by atoms with E-state index in [0.29, 0.717) is 18.0 Å². The van der Waals surface area contributed by atoms with Crippen molar-refractivity contribution in [3.63, 3.8) is 0 Å². The second kappa shape index (κ2) is 5.65. The van der Waals surface area contributed by atoms with E-state index >= 15 is 0 Å². The maximum Gasteiger partial charge on any atom is 0.260 e. The molecule has 3 N–H and O–H groups in total. The summed E-state index contributed by atoms with van der Waals surface area (Å²) in [6.45, 7) is 3.69. The standard InChI is InChI=1S/C11H18N4O3S2/c1-3-20(17,18)8-6-19-5-4-15(8)11(16)9-7(2)13-14-10(9)12/h8H,3-6H2,1-2H3,(H3,12,13,14). The minimum atomic E-state index is -3.32. The average Bonchev–Trinajstić information content (AvgIpc) is 2.77. The van der Waals surface area contributed by atoms with Gasteiger partial charge in [0, 0.05) is 29.5 Å². The fraction of sp³-hybridized carbons (Fsp3) is 0.636. The molecule has 1 aliphatic heterocycles. The van der Waals surface area contributed by atoms with Crippen molar-refractivity contribution in [3.8, 4) is 0 Å². The first kappa shape index (κ1) is 15.2. The van der Waals surface area contributed by atoms with Gasteiger partial charge < -0.3 is 10.6 Å². The Kier molecular flexibility index (Phi) is 4.28. The summed E-state index contributed by atoms with van der Waals surface area (Å²) in [5.41, 5.74) is 6.52. The number of nitrogen functional groups attached to an aromatic ring is 1. The number of hydrogen-bond donors (Lipinski definition) is 2. The molecule has 1 aliphatic rings. The van der Waals surface area contributed by atoms with E-state index in [9.17, 15) is 13.2 Å². The smallest absolute Gasteiger partial charge is 0.260 e. The van der Waals surface area contributed by atoms with Crippen molar-refractivity contribution >= 4 is 33.3 Å². The molecular formula is C11H18N4O3S2. The summed E-state index contributed by atoms with van der Waals surface area (Å²) in [5, 5.41) is 5.65. The van der Waals surface area contributed by atoms with Crippen molar-refractivity contribution in [1.29, 1.82) is 0 Å². The van der Waals surface area contributed by atoms with Crippen molar-refractivity contribution in [2.75, 3.05) is 29.5 Å². The van der Waals surface area contributed by atoms with Gasteiger partial charge in [0.25, 0.3) is 5.91 Å². The van der Waals surface area contributed by atoms with Crippen molar-refractivity contribution in [2.45, 2.75) is 19.2 Å². The molecule has 1 aromatic heterocycles. The molecule has 1 unspecified atom stereocenters. The molecule has 1 saturated heterocycles. The molecule has 1 amide bonds. The molecule has 2 heterocycles. The maximum atomic E-state index is 12.6. The van der Waals surface area contributed by atoms with Crippen molar-refractivity contribution in [3.05, 3.63) is 11.3 Å². The van der Waals surface area contributed by atoms with Gasteiger partial charge in [0.1, 0.15) is 10.9 Å². The Morgan fingerprint density at radius 2 is 2.30 bits per heavy atom. The fourth-order valence-corrected chi connectivity index (χ4v) is 5.13. The van der Waals surface area contributed by atoms with Gasteiger partial charge in [0.2, 0.25) is 0 Å². The monoisotopic (exact) mass is 318 g/mol. The summed E-state index contributed by atoms with van der Waals surface area (Å²) in [4.78, 5) is 14.0. The molecule has 0 aromatic carbocycles. The number of nitrogens with one attached hydrogen (secondary N) is 1. The van der Waals surface area contributed by atoms with Crippen LogP contribution in [0.5, 0.6) is 0 Å². The van der Waals surface area contributed by atoms with Crippen LogP contribution in [0, 0.1) is 6.92 Å². The topological polar surface area (TPSA) is 109 Å². The minimum Gasteiger partial charge on any atom is -0.382 e. The van der Waals surface area contributed by atoms with Crippen LogP contribution in [0.1, 0.15) is 23.0 Å². The third-order valence-electron chi connectivity index (χ3n) is 3.35. The Morgan fingerprint density at radius 1 is 1.60 bits per heavy atom. The van der Waals surface area contributed by atoms with E-state index < -0.39 is 15.2 Å². The van der Waals surface area contributed by atoms with Crippen LogP contribution >= 0.6 is 11.8 Å². The zero-order chi connectivity index (χ0) is 14.9. The van der Waals surface area contributed by atoms with Gasteiger partial charge in [-0.3, -0.25) is 9.89 Å². The summed E-state index contributed by atoms with van der Waals surface area (Å²) < 4.78 is 24.3. The Morgan fingerprint density at radius 3 is 2.85 bits per heavy atom.